The lowest BCUT2D eigenvalue weighted by Crippen LogP contribution is -2.40. The molecule has 1 N–H and O–H groups in total. The van der Waals surface area contributed by atoms with Crippen molar-refractivity contribution in [3.63, 3.8) is 0 Å². The van der Waals surface area contributed by atoms with Crippen LogP contribution >= 0.6 is 11.6 Å². The highest BCUT2D eigenvalue weighted by Crippen LogP contribution is 2.28. The smallest absolute Gasteiger partial charge is 0.134 e. The summed E-state index contributed by atoms with van der Waals surface area (Å²) in [5.74, 6) is 0.811. The molecule has 0 saturated carbocycles. The Morgan fingerprint density at radius 2 is 2.19 bits per heavy atom. The van der Waals surface area contributed by atoms with Gasteiger partial charge in [-0.2, -0.15) is 0 Å². The summed E-state index contributed by atoms with van der Waals surface area (Å²) in [4.78, 5) is 7.05. The summed E-state index contributed by atoms with van der Waals surface area (Å²) in [5.41, 5.74) is 2.12. The molecule has 2 fully saturated rings. The normalized spacial score (nSPS) is 26.1. The fourth-order valence-corrected chi connectivity index (χ4v) is 3.96. The summed E-state index contributed by atoms with van der Waals surface area (Å²) < 4.78 is 0. The van der Waals surface area contributed by atoms with Crippen molar-refractivity contribution in [1.29, 1.82) is 0 Å². The molecule has 2 saturated heterocycles. The second kappa shape index (κ2) is 5.56. The predicted molar refractivity (Wildman–Crippen MR) is 86.5 cm³/mol. The first-order valence-electron chi connectivity index (χ1n) is 7.79. The Labute approximate surface area is 130 Å². The van der Waals surface area contributed by atoms with Gasteiger partial charge in [0.25, 0.3) is 0 Å². The molecule has 2 aliphatic heterocycles. The number of rotatable bonds is 2. The summed E-state index contributed by atoms with van der Waals surface area (Å²) in [6.07, 6.45) is 2.67. The molecule has 3 nitrogen and oxygen atoms in total. The first-order chi connectivity index (χ1) is 10.3. The first-order valence-corrected chi connectivity index (χ1v) is 8.17. The number of pyridine rings is 1. The molecule has 0 bridgehead atoms. The number of nitrogens with one attached hydrogen (secondary N) is 1. The largest absolute Gasteiger partial charge is 0.312 e. The van der Waals surface area contributed by atoms with Gasteiger partial charge in [0.1, 0.15) is 5.15 Å². The van der Waals surface area contributed by atoms with E-state index >= 15 is 0 Å². The highest BCUT2D eigenvalue weighted by molar-refractivity contribution is 6.30. The molecule has 0 spiro atoms. The molecule has 2 aliphatic rings. The van der Waals surface area contributed by atoms with Crippen molar-refractivity contribution >= 4 is 22.5 Å². The number of hydrogen-bond acceptors (Lipinski definition) is 3. The van der Waals surface area contributed by atoms with E-state index in [0.717, 1.165) is 30.1 Å². The summed E-state index contributed by atoms with van der Waals surface area (Å²) in [6.45, 7) is 4.40. The molecule has 110 valence electrons. The topological polar surface area (TPSA) is 28.2 Å². The number of likely N-dealkylation sites (tertiary alicyclic amines) is 1. The van der Waals surface area contributed by atoms with E-state index in [-0.39, 0.29) is 0 Å². The maximum atomic E-state index is 6.38. The van der Waals surface area contributed by atoms with Crippen LogP contribution in [0.2, 0.25) is 5.15 Å². The van der Waals surface area contributed by atoms with Crippen LogP contribution in [0.25, 0.3) is 10.9 Å². The predicted octanol–water partition coefficient (Wildman–Crippen LogP) is 3.07. The Hall–Kier alpha value is -1.16. The van der Waals surface area contributed by atoms with Crippen LogP contribution in [-0.4, -0.2) is 35.6 Å². The highest BCUT2D eigenvalue weighted by Gasteiger charge is 2.34. The van der Waals surface area contributed by atoms with E-state index in [2.05, 4.69) is 33.4 Å². The standard InChI is InChI=1S/C17H20ClN3/c18-17-14(8-12-4-1-2-6-15(12)20-17)10-21-9-13-5-3-7-19-16(13)11-21/h1-2,4,6,8,13,16,19H,3,5,7,9-11H2/t13-,16+/m0/s1. The molecule has 21 heavy (non-hydrogen) atoms. The maximum absolute atomic E-state index is 6.38. The number of hydrogen-bond donors (Lipinski definition) is 1. The van der Waals surface area contributed by atoms with Crippen molar-refractivity contribution in [2.24, 2.45) is 5.92 Å². The van der Waals surface area contributed by atoms with E-state index in [9.17, 15) is 0 Å². The fraction of sp³-hybridized carbons (Fsp3) is 0.471. The van der Waals surface area contributed by atoms with E-state index in [0.29, 0.717) is 11.2 Å². The van der Waals surface area contributed by atoms with E-state index in [1.165, 1.54) is 31.3 Å². The molecule has 0 aliphatic carbocycles. The second-order valence-corrected chi connectivity index (χ2v) is 6.65. The van der Waals surface area contributed by atoms with Gasteiger partial charge in [0.15, 0.2) is 0 Å². The minimum absolute atomic E-state index is 0.650. The molecule has 1 aromatic carbocycles. The zero-order valence-corrected chi connectivity index (χ0v) is 12.8. The minimum Gasteiger partial charge on any atom is -0.312 e. The van der Waals surface area contributed by atoms with Gasteiger partial charge in [0.2, 0.25) is 0 Å². The molecular weight excluding hydrogens is 282 g/mol. The summed E-state index contributed by atoms with van der Waals surface area (Å²) in [5, 5.41) is 5.47. The molecule has 4 rings (SSSR count). The van der Waals surface area contributed by atoms with Gasteiger partial charge in [0.05, 0.1) is 5.52 Å². The lowest BCUT2D eigenvalue weighted by atomic mass is 9.94. The third-order valence-corrected chi connectivity index (χ3v) is 5.15. The Balaban J connectivity index is 1.55. The maximum Gasteiger partial charge on any atom is 0.134 e. The van der Waals surface area contributed by atoms with Crippen molar-refractivity contribution in [1.82, 2.24) is 15.2 Å². The van der Waals surface area contributed by atoms with Crippen LogP contribution in [0.3, 0.4) is 0 Å². The van der Waals surface area contributed by atoms with Gasteiger partial charge in [-0.25, -0.2) is 4.98 Å². The molecule has 0 radical (unpaired) electrons. The monoisotopic (exact) mass is 301 g/mol. The van der Waals surface area contributed by atoms with Gasteiger partial charge < -0.3 is 5.32 Å². The van der Waals surface area contributed by atoms with Crippen molar-refractivity contribution in [3.05, 3.63) is 41.0 Å². The van der Waals surface area contributed by atoms with Crippen LogP contribution < -0.4 is 5.32 Å². The average Bonchev–Trinajstić information content (AvgIpc) is 2.90. The van der Waals surface area contributed by atoms with Gasteiger partial charge >= 0.3 is 0 Å². The summed E-state index contributed by atoms with van der Waals surface area (Å²) >= 11 is 6.38. The zero-order valence-electron chi connectivity index (χ0n) is 12.1. The minimum atomic E-state index is 0.650. The van der Waals surface area contributed by atoms with E-state index in [1.54, 1.807) is 0 Å². The van der Waals surface area contributed by atoms with Gasteiger partial charge in [-0.15, -0.1) is 0 Å². The zero-order chi connectivity index (χ0) is 14.2. The van der Waals surface area contributed by atoms with Crippen LogP contribution in [-0.2, 0) is 6.54 Å². The summed E-state index contributed by atoms with van der Waals surface area (Å²) in [7, 11) is 0. The lowest BCUT2D eigenvalue weighted by Gasteiger charge is -2.24. The van der Waals surface area contributed by atoms with Crippen LogP contribution in [0, 0.1) is 5.92 Å². The first kappa shape index (κ1) is 13.5. The molecule has 0 unspecified atom stereocenters. The molecule has 3 heterocycles. The van der Waals surface area contributed by atoms with Gasteiger partial charge in [-0.3, -0.25) is 4.90 Å². The van der Waals surface area contributed by atoms with Crippen LogP contribution in [0.15, 0.2) is 30.3 Å². The van der Waals surface area contributed by atoms with E-state index < -0.39 is 0 Å². The third kappa shape index (κ3) is 2.66. The highest BCUT2D eigenvalue weighted by atomic mass is 35.5. The van der Waals surface area contributed by atoms with Crippen molar-refractivity contribution < 1.29 is 0 Å². The Bertz CT molecular complexity index is 644. The number of para-hydroxylation sites is 1. The third-order valence-electron chi connectivity index (χ3n) is 4.82. The molecular formula is C17H20ClN3. The van der Waals surface area contributed by atoms with Crippen molar-refractivity contribution in [2.45, 2.75) is 25.4 Å². The number of halogens is 1. The van der Waals surface area contributed by atoms with E-state index in [1.807, 2.05) is 12.1 Å². The number of benzene rings is 1. The number of aromatic nitrogens is 1. The number of nitrogens with zero attached hydrogens (tertiary/aromatic N) is 2. The molecule has 2 atom stereocenters. The van der Waals surface area contributed by atoms with E-state index in [4.69, 9.17) is 11.6 Å². The number of piperidine rings is 1. The average molecular weight is 302 g/mol. The molecule has 0 amide bonds. The van der Waals surface area contributed by atoms with Gasteiger partial charge in [0, 0.05) is 36.6 Å². The van der Waals surface area contributed by atoms with Gasteiger partial charge in [-0.1, -0.05) is 29.8 Å². The molecule has 4 heteroatoms. The van der Waals surface area contributed by atoms with Crippen molar-refractivity contribution in [3.8, 4) is 0 Å². The van der Waals surface area contributed by atoms with Crippen LogP contribution in [0.1, 0.15) is 18.4 Å². The van der Waals surface area contributed by atoms with Crippen molar-refractivity contribution in [2.75, 3.05) is 19.6 Å². The lowest BCUT2D eigenvalue weighted by molar-refractivity contribution is 0.312. The second-order valence-electron chi connectivity index (χ2n) is 6.29. The molecule has 2 aromatic rings. The van der Waals surface area contributed by atoms with Crippen LogP contribution in [0.4, 0.5) is 0 Å². The fourth-order valence-electron chi connectivity index (χ4n) is 3.75. The quantitative estimate of drug-likeness (QED) is 0.864. The Morgan fingerprint density at radius 3 is 3.10 bits per heavy atom. The molecule has 1 aromatic heterocycles. The Kier molecular flexibility index (Phi) is 3.57. The Morgan fingerprint density at radius 1 is 1.29 bits per heavy atom. The van der Waals surface area contributed by atoms with Crippen LogP contribution in [0.5, 0.6) is 0 Å². The number of fused-ring (bicyclic) bond motifs is 2. The SMILES string of the molecule is Clc1nc2ccccc2cc1CN1C[C@@H]2CCCN[C@@H]2C1. The van der Waals surface area contributed by atoms with Gasteiger partial charge in [-0.05, 0) is 37.4 Å². The summed E-state index contributed by atoms with van der Waals surface area (Å²) in [6, 6.07) is 11.0.